The van der Waals surface area contributed by atoms with E-state index in [1.165, 1.54) is 21.8 Å². The number of carbonyl (C=O) groups is 1. The molecule has 1 saturated heterocycles. The number of ether oxygens (including phenoxy) is 1. The van der Waals surface area contributed by atoms with Crippen LogP contribution in [0.3, 0.4) is 0 Å². The van der Waals surface area contributed by atoms with E-state index in [2.05, 4.69) is 69.9 Å². The van der Waals surface area contributed by atoms with Crippen molar-refractivity contribution in [2.75, 3.05) is 0 Å². The molecule has 2 bridgehead atoms. The molecule has 2 atom stereocenters. The fraction of sp³-hybridized carbons (Fsp3) is 0.269. The lowest BCUT2D eigenvalue weighted by Crippen LogP contribution is -2.37. The van der Waals surface area contributed by atoms with Crippen molar-refractivity contribution in [2.24, 2.45) is 0 Å². The molecule has 3 aromatic carbocycles. The van der Waals surface area contributed by atoms with Crippen LogP contribution in [0.4, 0.5) is 0 Å². The standard InChI is InChI=1S/C26H21N3O2/c1-26-12-6-11-19(31-26)28-17-9-4-2-7-14(17)21-22-16(13-27-25(22)30)20-15-8-3-5-10-18(15)29(26)24(20)23(21)28/h2-5,7-10,19H,6,11-13H2,1H3,(H,27,30). The summed E-state index contributed by atoms with van der Waals surface area (Å²) in [5.41, 5.74) is 6.27. The van der Waals surface area contributed by atoms with E-state index < -0.39 is 5.72 Å². The van der Waals surface area contributed by atoms with Crippen molar-refractivity contribution in [1.82, 2.24) is 14.5 Å². The van der Waals surface area contributed by atoms with Crippen molar-refractivity contribution in [3.05, 3.63) is 59.7 Å². The van der Waals surface area contributed by atoms with Crippen LogP contribution >= 0.6 is 0 Å². The van der Waals surface area contributed by atoms with Gasteiger partial charge in [0, 0.05) is 28.1 Å². The van der Waals surface area contributed by atoms with E-state index in [-0.39, 0.29) is 12.1 Å². The molecule has 8 rings (SSSR count). The van der Waals surface area contributed by atoms with E-state index in [4.69, 9.17) is 4.74 Å². The van der Waals surface area contributed by atoms with Gasteiger partial charge >= 0.3 is 0 Å². The summed E-state index contributed by atoms with van der Waals surface area (Å²) in [6.07, 6.45) is 3.04. The normalized spacial score (nSPS) is 24.4. The SMILES string of the molecule is CC12CCCC(O1)n1c3ccccc3c3c4c(c5c6ccccc6n2c5c31)CNC4=O. The highest BCUT2D eigenvalue weighted by atomic mass is 16.5. The molecule has 1 N–H and O–H groups in total. The van der Waals surface area contributed by atoms with Crippen LogP contribution in [-0.2, 0) is 17.0 Å². The quantitative estimate of drug-likeness (QED) is 0.367. The second kappa shape index (κ2) is 5.11. The van der Waals surface area contributed by atoms with E-state index in [1.807, 2.05) is 0 Å². The van der Waals surface area contributed by atoms with Gasteiger partial charge in [-0.3, -0.25) is 4.79 Å². The van der Waals surface area contributed by atoms with Crippen LogP contribution in [0.5, 0.6) is 0 Å². The minimum Gasteiger partial charge on any atom is -0.348 e. The maximum absolute atomic E-state index is 13.2. The smallest absolute Gasteiger partial charge is 0.252 e. The Hall–Kier alpha value is -3.31. The predicted octanol–water partition coefficient (Wildman–Crippen LogP) is 5.53. The summed E-state index contributed by atoms with van der Waals surface area (Å²) in [6.45, 7) is 2.82. The Morgan fingerprint density at radius 1 is 1.00 bits per heavy atom. The first-order chi connectivity index (χ1) is 15.2. The maximum Gasteiger partial charge on any atom is 0.252 e. The van der Waals surface area contributed by atoms with Gasteiger partial charge in [0.15, 0.2) is 0 Å². The highest BCUT2D eigenvalue weighted by Crippen LogP contribution is 2.52. The number of nitrogens with one attached hydrogen (secondary N) is 1. The van der Waals surface area contributed by atoms with Gasteiger partial charge in [-0.05, 0) is 43.9 Å². The monoisotopic (exact) mass is 407 g/mol. The Bertz CT molecular complexity index is 1640. The van der Waals surface area contributed by atoms with Crippen molar-refractivity contribution in [2.45, 2.75) is 44.7 Å². The summed E-state index contributed by atoms with van der Waals surface area (Å²) in [6, 6.07) is 17.1. The third kappa shape index (κ3) is 1.70. The Morgan fingerprint density at radius 2 is 1.74 bits per heavy atom. The molecule has 0 radical (unpaired) electrons. The molecule has 5 nitrogen and oxygen atoms in total. The molecule has 3 aliphatic heterocycles. The van der Waals surface area contributed by atoms with Crippen molar-refractivity contribution in [3.8, 4) is 0 Å². The van der Waals surface area contributed by atoms with Crippen LogP contribution in [0.25, 0.3) is 43.6 Å². The number of rotatable bonds is 0. The number of benzene rings is 3. The molecule has 5 heterocycles. The molecule has 0 saturated carbocycles. The molecule has 152 valence electrons. The van der Waals surface area contributed by atoms with Gasteiger partial charge in [0.25, 0.3) is 5.91 Å². The number of carbonyl (C=O) groups excluding carboxylic acids is 1. The van der Waals surface area contributed by atoms with E-state index >= 15 is 0 Å². The van der Waals surface area contributed by atoms with Crippen LogP contribution in [0.1, 0.15) is 48.3 Å². The predicted molar refractivity (Wildman–Crippen MR) is 121 cm³/mol. The van der Waals surface area contributed by atoms with Crippen LogP contribution < -0.4 is 5.32 Å². The first kappa shape index (κ1) is 16.4. The van der Waals surface area contributed by atoms with Gasteiger partial charge in [0.1, 0.15) is 12.0 Å². The second-order valence-corrected chi connectivity index (χ2v) is 9.36. The fourth-order valence-corrected chi connectivity index (χ4v) is 6.63. The molecular weight excluding hydrogens is 386 g/mol. The third-order valence-corrected chi connectivity index (χ3v) is 7.76. The van der Waals surface area contributed by atoms with Crippen molar-refractivity contribution >= 4 is 49.5 Å². The highest BCUT2D eigenvalue weighted by Gasteiger charge is 2.43. The van der Waals surface area contributed by atoms with E-state index in [1.54, 1.807) is 0 Å². The zero-order chi connectivity index (χ0) is 20.5. The lowest BCUT2D eigenvalue weighted by atomic mass is 9.97. The first-order valence-corrected chi connectivity index (χ1v) is 11.1. The molecule has 31 heavy (non-hydrogen) atoms. The lowest BCUT2D eigenvalue weighted by Gasteiger charge is -2.39. The van der Waals surface area contributed by atoms with Gasteiger partial charge in [-0.15, -0.1) is 0 Å². The Kier molecular flexibility index (Phi) is 2.70. The summed E-state index contributed by atoms with van der Waals surface area (Å²) >= 11 is 0. The molecule has 5 aromatic rings. The minimum atomic E-state index is -0.415. The Labute approximate surface area is 178 Å². The average Bonchev–Trinajstić information content (AvgIpc) is 3.41. The molecule has 1 amide bonds. The molecule has 2 aromatic heterocycles. The third-order valence-electron chi connectivity index (χ3n) is 7.76. The van der Waals surface area contributed by atoms with Crippen LogP contribution in [-0.4, -0.2) is 15.0 Å². The molecule has 0 aliphatic carbocycles. The topological polar surface area (TPSA) is 48.2 Å². The van der Waals surface area contributed by atoms with E-state index in [0.29, 0.717) is 6.54 Å². The summed E-state index contributed by atoms with van der Waals surface area (Å²) in [7, 11) is 0. The number of hydrogen-bond acceptors (Lipinski definition) is 2. The number of amides is 1. The number of hydrogen-bond donors (Lipinski definition) is 1. The summed E-state index contributed by atoms with van der Waals surface area (Å²) in [5.74, 6) is 0.0379. The number of nitrogens with zero attached hydrogens (tertiary/aromatic N) is 2. The molecule has 3 aliphatic rings. The lowest BCUT2D eigenvalue weighted by molar-refractivity contribution is -0.186. The number of para-hydroxylation sites is 2. The summed E-state index contributed by atoms with van der Waals surface area (Å²) in [4.78, 5) is 13.2. The van der Waals surface area contributed by atoms with Gasteiger partial charge < -0.3 is 19.2 Å². The second-order valence-electron chi connectivity index (χ2n) is 9.36. The Morgan fingerprint density at radius 3 is 2.58 bits per heavy atom. The summed E-state index contributed by atoms with van der Waals surface area (Å²) < 4.78 is 11.7. The van der Waals surface area contributed by atoms with E-state index in [9.17, 15) is 4.79 Å². The van der Waals surface area contributed by atoms with Gasteiger partial charge in [0.05, 0.1) is 27.6 Å². The largest absolute Gasteiger partial charge is 0.348 e. The zero-order valence-corrected chi connectivity index (χ0v) is 17.2. The zero-order valence-electron chi connectivity index (χ0n) is 17.2. The van der Waals surface area contributed by atoms with Gasteiger partial charge in [-0.1, -0.05) is 36.4 Å². The molecule has 0 spiro atoms. The molecule has 5 heteroatoms. The Balaban J connectivity index is 1.80. The average molecular weight is 407 g/mol. The minimum absolute atomic E-state index is 0.0365. The van der Waals surface area contributed by atoms with Gasteiger partial charge in [-0.25, -0.2) is 0 Å². The maximum atomic E-state index is 13.2. The van der Waals surface area contributed by atoms with Gasteiger partial charge in [0.2, 0.25) is 0 Å². The molecule has 1 fully saturated rings. The fourth-order valence-electron chi connectivity index (χ4n) is 6.63. The highest BCUT2D eigenvalue weighted by molar-refractivity contribution is 6.30. The van der Waals surface area contributed by atoms with Crippen LogP contribution in [0, 0.1) is 0 Å². The van der Waals surface area contributed by atoms with Crippen molar-refractivity contribution < 1.29 is 9.53 Å². The van der Waals surface area contributed by atoms with Crippen LogP contribution in [0.15, 0.2) is 48.5 Å². The first-order valence-electron chi connectivity index (χ1n) is 11.1. The van der Waals surface area contributed by atoms with E-state index in [0.717, 1.165) is 52.2 Å². The summed E-state index contributed by atoms with van der Waals surface area (Å²) in [5, 5.41) is 7.76. The van der Waals surface area contributed by atoms with Crippen molar-refractivity contribution in [3.63, 3.8) is 0 Å². The number of aromatic nitrogens is 2. The number of fused-ring (bicyclic) bond motifs is 13. The molecular formula is C26H21N3O2. The van der Waals surface area contributed by atoms with Crippen LogP contribution in [0.2, 0.25) is 0 Å². The molecule has 2 unspecified atom stereocenters. The van der Waals surface area contributed by atoms with Gasteiger partial charge in [-0.2, -0.15) is 0 Å². The van der Waals surface area contributed by atoms with Crippen molar-refractivity contribution in [1.29, 1.82) is 0 Å².